The van der Waals surface area contributed by atoms with E-state index in [1.54, 1.807) is 0 Å². The van der Waals surface area contributed by atoms with E-state index in [0.29, 0.717) is 6.10 Å². The van der Waals surface area contributed by atoms with E-state index in [2.05, 4.69) is 17.4 Å². The highest BCUT2D eigenvalue weighted by Crippen LogP contribution is 2.24. The van der Waals surface area contributed by atoms with Gasteiger partial charge in [0.15, 0.2) is 0 Å². The Morgan fingerprint density at radius 2 is 2.17 bits per heavy atom. The maximum atomic E-state index is 8.97. The Morgan fingerprint density at radius 1 is 1.39 bits per heavy atom. The third-order valence-corrected chi connectivity index (χ3v) is 3.43. The Labute approximate surface area is 109 Å². The highest BCUT2D eigenvalue weighted by Gasteiger charge is 2.16. The number of benzene rings is 1. The largest absolute Gasteiger partial charge is 0.490 e. The van der Waals surface area contributed by atoms with Crippen LogP contribution in [0.2, 0.25) is 0 Å². The van der Waals surface area contributed by atoms with Gasteiger partial charge < -0.3 is 15.2 Å². The van der Waals surface area contributed by atoms with Crippen LogP contribution in [0, 0.1) is 0 Å². The van der Waals surface area contributed by atoms with Crippen LogP contribution in [0.5, 0.6) is 5.75 Å². The lowest BCUT2D eigenvalue weighted by atomic mass is 10.2. The number of aliphatic hydroxyl groups excluding tert-OH is 1. The van der Waals surface area contributed by atoms with Crippen LogP contribution in [0.25, 0.3) is 0 Å². The minimum atomic E-state index is 0.129. The molecule has 0 aromatic heterocycles. The summed E-state index contributed by atoms with van der Waals surface area (Å²) in [5.41, 5.74) is 1.20. The summed E-state index contributed by atoms with van der Waals surface area (Å²) in [6, 6.07) is 8.36. The van der Waals surface area contributed by atoms with Gasteiger partial charge in [0.05, 0.1) is 12.7 Å². The Kier molecular flexibility index (Phi) is 5.02. The zero-order valence-electron chi connectivity index (χ0n) is 11.1. The summed E-state index contributed by atoms with van der Waals surface area (Å²) >= 11 is 0. The molecule has 0 aliphatic heterocycles. The van der Waals surface area contributed by atoms with Crippen LogP contribution < -0.4 is 10.1 Å². The predicted octanol–water partition coefficient (Wildman–Crippen LogP) is 2.48. The molecule has 0 bridgehead atoms. The fourth-order valence-corrected chi connectivity index (χ4v) is 2.28. The second-order valence-corrected chi connectivity index (χ2v) is 5.14. The van der Waals surface area contributed by atoms with E-state index in [9.17, 15) is 0 Å². The summed E-state index contributed by atoms with van der Waals surface area (Å²) in [4.78, 5) is 0. The molecule has 1 aromatic carbocycles. The zero-order valence-corrected chi connectivity index (χ0v) is 11.1. The third kappa shape index (κ3) is 4.00. The van der Waals surface area contributed by atoms with Crippen molar-refractivity contribution in [1.29, 1.82) is 0 Å². The molecule has 0 spiro atoms. The Morgan fingerprint density at radius 3 is 2.89 bits per heavy atom. The van der Waals surface area contributed by atoms with Crippen LogP contribution in [-0.2, 0) is 6.54 Å². The number of hydrogen-bond acceptors (Lipinski definition) is 3. The van der Waals surface area contributed by atoms with Crippen LogP contribution in [0.4, 0.5) is 0 Å². The minimum Gasteiger partial charge on any atom is -0.490 e. The predicted molar refractivity (Wildman–Crippen MR) is 72.7 cm³/mol. The van der Waals surface area contributed by atoms with Crippen molar-refractivity contribution in [1.82, 2.24) is 5.32 Å². The monoisotopic (exact) mass is 249 g/mol. The van der Waals surface area contributed by atoms with Gasteiger partial charge in [-0.05, 0) is 50.3 Å². The molecule has 18 heavy (non-hydrogen) atoms. The van der Waals surface area contributed by atoms with Gasteiger partial charge in [-0.2, -0.15) is 0 Å². The molecule has 0 amide bonds. The molecule has 2 N–H and O–H groups in total. The smallest absolute Gasteiger partial charge is 0.120 e. The van der Waals surface area contributed by atoms with Crippen molar-refractivity contribution in [3.05, 3.63) is 29.8 Å². The molecular formula is C15H23NO2. The van der Waals surface area contributed by atoms with Crippen molar-refractivity contribution in [3.8, 4) is 5.75 Å². The second kappa shape index (κ2) is 6.76. The Bertz CT molecular complexity index is 361. The van der Waals surface area contributed by atoms with E-state index in [4.69, 9.17) is 9.84 Å². The summed E-state index contributed by atoms with van der Waals surface area (Å²) in [7, 11) is 0. The van der Waals surface area contributed by atoms with E-state index >= 15 is 0 Å². The quantitative estimate of drug-likeness (QED) is 0.814. The Hall–Kier alpha value is -1.06. The number of hydrogen-bond donors (Lipinski definition) is 2. The fourth-order valence-electron chi connectivity index (χ4n) is 2.28. The van der Waals surface area contributed by atoms with Crippen LogP contribution in [0.15, 0.2) is 24.3 Å². The van der Waals surface area contributed by atoms with Gasteiger partial charge in [0, 0.05) is 12.6 Å². The average molecular weight is 249 g/mol. The average Bonchev–Trinajstić information content (AvgIpc) is 2.89. The van der Waals surface area contributed by atoms with Gasteiger partial charge in [-0.1, -0.05) is 12.1 Å². The maximum Gasteiger partial charge on any atom is 0.120 e. The molecule has 1 fully saturated rings. The number of aliphatic hydroxyl groups is 1. The molecule has 0 unspecified atom stereocenters. The van der Waals surface area contributed by atoms with Gasteiger partial charge in [0.1, 0.15) is 5.75 Å². The lowest BCUT2D eigenvalue weighted by Gasteiger charge is -2.15. The van der Waals surface area contributed by atoms with E-state index < -0.39 is 0 Å². The van der Waals surface area contributed by atoms with Gasteiger partial charge in [0.25, 0.3) is 0 Å². The van der Waals surface area contributed by atoms with Crippen molar-refractivity contribution >= 4 is 0 Å². The van der Waals surface area contributed by atoms with Gasteiger partial charge >= 0.3 is 0 Å². The van der Waals surface area contributed by atoms with Gasteiger partial charge in [-0.15, -0.1) is 0 Å². The molecule has 1 aliphatic rings. The molecule has 3 nitrogen and oxygen atoms in total. The first kappa shape index (κ1) is 13.4. The van der Waals surface area contributed by atoms with E-state index in [-0.39, 0.29) is 12.6 Å². The fraction of sp³-hybridized carbons (Fsp3) is 0.600. The zero-order chi connectivity index (χ0) is 12.8. The molecule has 0 saturated heterocycles. The van der Waals surface area contributed by atoms with Crippen LogP contribution in [-0.4, -0.2) is 23.9 Å². The second-order valence-electron chi connectivity index (χ2n) is 5.14. The molecule has 1 aromatic rings. The molecule has 1 atom stereocenters. The number of ether oxygens (including phenoxy) is 1. The van der Waals surface area contributed by atoms with Crippen LogP contribution >= 0.6 is 0 Å². The summed E-state index contributed by atoms with van der Waals surface area (Å²) in [5.74, 6) is 0.970. The van der Waals surface area contributed by atoms with E-state index in [1.807, 2.05) is 19.1 Å². The Balaban J connectivity index is 1.88. The van der Waals surface area contributed by atoms with Crippen molar-refractivity contribution < 1.29 is 9.84 Å². The molecule has 2 rings (SSSR count). The van der Waals surface area contributed by atoms with Gasteiger partial charge in [-0.3, -0.25) is 0 Å². The normalized spacial score (nSPS) is 17.9. The van der Waals surface area contributed by atoms with Crippen molar-refractivity contribution in [2.45, 2.75) is 51.3 Å². The van der Waals surface area contributed by atoms with Crippen molar-refractivity contribution in [2.75, 3.05) is 6.61 Å². The van der Waals surface area contributed by atoms with Crippen LogP contribution in [0.1, 0.15) is 38.2 Å². The van der Waals surface area contributed by atoms with Crippen molar-refractivity contribution in [2.24, 2.45) is 0 Å². The molecule has 100 valence electrons. The number of rotatable bonds is 6. The maximum absolute atomic E-state index is 8.97. The first-order valence-corrected chi connectivity index (χ1v) is 6.88. The topological polar surface area (TPSA) is 41.5 Å². The standard InChI is InChI=1S/C15H23NO2/c1-12(11-17)16-10-13-5-4-8-15(9-13)18-14-6-2-3-7-14/h4-5,8-9,12,14,16-17H,2-3,6-7,10-11H2,1H3/t12-/m1/s1. The summed E-state index contributed by atoms with van der Waals surface area (Å²) in [6.45, 7) is 2.90. The highest BCUT2D eigenvalue weighted by atomic mass is 16.5. The van der Waals surface area contributed by atoms with Gasteiger partial charge in [0.2, 0.25) is 0 Å². The highest BCUT2D eigenvalue weighted by molar-refractivity contribution is 5.28. The SMILES string of the molecule is C[C@H](CO)NCc1cccc(OC2CCCC2)c1. The van der Waals surface area contributed by atoms with E-state index in [1.165, 1.54) is 31.2 Å². The lowest BCUT2D eigenvalue weighted by Crippen LogP contribution is -2.28. The minimum absolute atomic E-state index is 0.129. The summed E-state index contributed by atoms with van der Waals surface area (Å²) in [6.07, 6.45) is 5.36. The molecule has 0 radical (unpaired) electrons. The summed E-state index contributed by atoms with van der Waals surface area (Å²) in [5, 5.41) is 12.2. The molecule has 3 heteroatoms. The first-order chi connectivity index (χ1) is 8.78. The summed E-state index contributed by atoms with van der Waals surface area (Å²) < 4.78 is 5.97. The van der Waals surface area contributed by atoms with Crippen molar-refractivity contribution in [3.63, 3.8) is 0 Å². The van der Waals surface area contributed by atoms with E-state index in [0.717, 1.165) is 12.3 Å². The van der Waals surface area contributed by atoms with Crippen LogP contribution in [0.3, 0.4) is 0 Å². The molecule has 1 aliphatic carbocycles. The number of nitrogens with one attached hydrogen (secondary N) is 1. The molecule has 0 heterocycles. The molecule has 1 saturated carbocycles. The van der Waals surface area contributed by atoms with Gasteiger partial charge in [-0.25, -0.2) is 0 Å². The lowest BCUT2D eigenvalue weighted by molar-refractivity contribution is 0.209. The third-order valence-electron chi connectivity index (χ3n) is 3.43. The molecular weight excluding hydrogens is 226 g/mol. The first-order valence-electron chi connectivity index (χ1n) is 6.88.